The minimum absolute atomic E-state index is 0.112. The third-order valence-electron chi connectivity index (χ3n) is 5.95. The Bertz CT molecular complexity index is 630. The van der Waals surface area contributed by atoms with E-state index in [1.807, 2.05) is 18.2 Å². The molecule has 2 saturated heterocycles. The van der Waals surface area contributed by atoms with E-state index in [2.05, 4.69) is 25.2 Å². The Balaban J connectivity index is 1.70. The molecule has 3 rings (SSSR count). The first kappa shape index (κ1) is 20.6. The van der Waals surface area contributed by atoms with E-state index in [1.165, 1.54) is 0 Å². The second kappa shape index (κ2) is 9.40. The maximum absolute atomic E-state index is 12.8. The first-order chi connectivity index (χ1) is 13.0. The third kappa shape index (κ3) is 5.69. The van der Waals surface area contributed by atoms with Gasteiger partial charge in [0.1, 0.15) is 0 Å². The fourth-order valence-electron chi connectivity index (χ4n) is 4.31. The second-order valence-electron chi connectivity index (χ2n) is 8.49. The van der Waals surface area contributed by atoms with Crippen molar-refractivity contribution in [1.29, 1.82) is 0 Å². The van der Waals surface area contributed by atoms with Crippen molar-refractivity contribution in [3.8, 4) is 0 Å². The highest BCUT2D eigenvalue weighted by Gasteiger charge is 2.40. The summed E-state index contributed by atoms with van der Waals surface area (Å²) in [6.07, 6.45) is 5.58. The first-order valence-electron chi connectivity index (χ1n) is 10.2. The van der Waals surface area contributed by atoms with E-state index >= 15 is 0 Å². The van der Waals surface area contributed by atoms with Crippen molar-refractivity contribution in [3.05, 3.63) is 34.9 Å². The normalized spacial score (nSPS) is 28.4. The molecule has 1 aromatic carbocycles. The highest BCUT2D eigenvalue weighted by atomic mass is 35.5. The zero-order valence-corrected chi connectivity index (χ0v) is 17.3. The molecule has 2 heterocycles. The van der Waals surface area contributed by atoms with Gasteiger partial charge in [0.2, 0.25) is 5.91 Å². The zero-order chi connectivity index (χ0) is 19.3. The van der Waals surface area contributed by atoms with Crippen LogP contribution in [-0.4, -0.2) is 37.9 Å². The summed E-state index contributed by atoms with van der Waals surface area (Å²) in [5.41, 5.74) is 1.01. The topological polar surface area (TPSA) is 47.6 Å². The lowest BCUT2D eigenvalue weighted by atomic mass is 9.69. The van der Waals surface area contributed by atoms with Gasteiger partial charge < -0.3 is 14.8 Å². The molecule has 3 unspecified atom stereocenters. The molecule has 3 atom stereocenters. The summed E-state index contributed by atoms with van der Waals surface area (Å²) in [5.74, 6) is 0.549. The first-order valence-corrected chi connectivity index (χ1v) is 10.6. The molecule has 2 fully saturated rings. The van der Waals surface area contributed by atoms with E-state index in [0.29, 0.717) is 25.5 Å². The Morgan fingerprint density at radius 2 is 2.11 bits per heavy atom. The van der Waals surface area contributed by atoms with Crippen molar-refractivity contribution in [2.75, 3.05) is 19.8 Å². The molecule has 1 amide bonds. The highest BCUT2D eigenvalue weighted by Crippen LogP contribution is 2.42. The number of hydrogen-bond donors (Lipinski definition) is 1. The molecule has 0 saturated carbocycles. The van der Waals surface area contributed by atoms with E-state index in [-0.39, 0.29) is 23.5 Å². The summed E-state index contributed by atoms with van der Waals surface area (Å²) >= 11 is 6.44. The molecule has 1 aromatic rings. The van der Waals surface area contributed by atoms with E-state index in [1.54, 1.807) is 0 Å². The Labute approximate surface area is 168 Å². The Kier molecular flexibility index (Phi) is 7.18. The number of carbonyl (C=O) groups is 1. The van der Waals surface area contributed by atoms with Crippen LogP contribution < -0.4 is 5.32 Å². The van der Waals surface area contributed by atoms with E-state index in [9.17, 15) is 4.79 Å². The van der Waals surface area contributed by atoms with Gasteiger partial charge in [0.15, 0.2) is 0 Å². The van der Waals surface area contributed by atoms with Gasteiger partial charge in [-0.25, -0.2) is 0 Å². The van der Waals surface area contributed by atoms with Crippen LogP contribution in [0.3, 0.4) is 0 Å². The second-order valence-corrected chi connectivity index (χ2v) is 8.90. The van der Waals surface area contributed by atoms with Gasteiger partial charge in [0, 0.05) is 31.2 Å². The van der Waals surface area contributed by atoms with E-state index in [4.69, 9.17) is 21.1 Å². The highest BCUT2D eigenvalue weighted by molar-refractivity contribution is 6.31. The SMILES string of the molecule is CC(C)C1CC(CC(=O)NCC2CCCO2)(Cc2ccccc2Cl)CCO1. The van der Waals surface area contributed by atoms with Crippen LogP contribution in [0.15, 0.2) is 24.3 Å². The van der Waals surface area contributed by atoms with Gasteiger partial charge in [-0.1, -0.05) is 43.6 Å². The molecule has 5 heteroatoms. The summed E-state index contributed by atoms with van der Waals surface area (Å²) < 4.78 is 11.6. The molecule has 2 aliphatic heterocycles. The van der Waals surface area contributed by atoms with Gasteiger partial charge in [-0.05, 0) is 55.1 Å². The van der Waals surface area contributed by atoms with E-state index in [0.717, 1.165) is 49.3 Å². The van der Waals surface area contributed by atoms with Gasteiger partial charge in [-0.3, -0.25) is 4.79 Å². The van der Waals surface area contributed by atoms with Crippen molar-refractivity contribution < 1.29 is 14.3 Å². The predicted octanol–water partition coefficient (Wildman–Crippen LogP) is 4.39. The smallest absolute Gasteiger partial charge is 0.220 e. The van der Waals surface area contributed by atoms with Crippen LogP contribution in [0, 0.1) is 11.3 Å². The van der Waals surface area contributed by atoms with Crippen LogP contribution >= 0.6 is 11.6 Å². The van der Waals surface area contributed by atoms with Crippen molar-refractivity contribution >= 4 is 17.5 Å². The molecule has 150 valence electrons. The van der Waals surface area contributed by atoms with Crippen molar-refractivity contribution in [2.24, 2.45) is 11.3 Å². The fraction of sp³-hybridized carbons (Fsp3) is 0.682. The van der Waals surface area contributed by atoms with Crippen LogP contribution in [0.1, 0.15) is 51.5 Å². The molecule has 0 spiro atoms. The van der Waals surface area contributed by atoms with Crippen LogP contribution in [-0.2, 0) is 20.7 Å². The summed E-state index contributed by atoms with van der Waals surface area (Å²) in [6.45, 7) is 6.50. The molecular formula is C22H32ClNO3. The number of rotatable bonds is 7. The largest absolute Gasteiger partial charge is 0.378 e. The number of halogens is 1. The molecule has 2 aliphatic rings. The number of nitrogens with one attached hydrogen (secondary N) is 1. The Morgan fingerprint density at radius 1 is 1.30 bits per heavy atom. The van der Waals surface area contributed by atoms with E-state index < -0.39 is 0 Å². The average molecular weight is 394 g/mol. The molecule has 27 heavy (non-hydrogen) atoms. The van der Waals surface area contributed by atoms with Gasteiger partial charge in [-0.15, -0.1) is 0 Å². The molecule has 0 aromatic heterocycles. The fourth-order valence-corrected chi connectivity index (χ4v) is 4.51. The molecule has 0 radical (unpaired) electrons. The predicted molar refractivity (Wildman–Crippen MR) is 108 cm³/mol. The summed E-state index contributed by atoms with van der Waals surface area (Å²) in [4.78, 5) is 12.8. The van der Waals surface area contributed by atoms with Crippen LogP contribution in [0.5, 0.6) is 0 Å². The molecule has 0 bridgehead atoms. The maximum Gasteiger partial charge on any atom is 0.220 e. The summed E-state index contributed by atoms with van der Waals surface area (Å²) in [5, 5.41) is 3.89. The van der Waals surface area contributed by atoms with Gasteiger partial charge in [0.25, 0.3) is 0 Å². The lowest BCUT2D eigenvalue weighted by Crippen LogP contribution is -2.43. The number of ether oxygens (including phenoxy) is 2. The quantitative estimate of drug-likeness (QED) is 0.747. The van der Waals surface area contributed by atoms with Gasteiger partial charge in [0.05, 0.1) is 12.2 Å². The van der Waals surface area contributed by atoms with Gasteiger partial charge in [-0.2, -0.15) is 0 Å². The summed E-state index contributed by atoms with van der Waals surface area (Å²) in [6, 6.07) is 7.98. The summed E-state index contributed by atoms with van der Waals surface area (Å²) in [7, 11) is 0. The van der Waals surface area contributed by atoms with Crippen LogP contribution in [0.25, 0.3) is 0 Å². The standard InChI is InChI=1S/C22H32ClNO3/c1-16(2)20-13-22(9-11-27-20,12-17-6-3-4-8-19(17)23)14-21(25)24-15-18-7-5-10-26-18/h3-4,6,8,16,18,20H,5,7,9-15H2,1-2H3,(H,24,25). The zero-order valence-electron chi connectivity index (χ0n) is 16.5. The number of amides is 1. The Morgan fingerprint density at radius 3 is 2.81 bits per heavy atom. The minimum Gasteiger partial charge on any atom is -0.378 e. The third-order valence-corrected chi connectivity index (χ3v) is 6.32. The van der Waals surface area contributed by atoms with Crippen LogP contribution in [0.2, 0.25) is 5.02 Å². The lowest BCUT2D eigenvalue weighted by Gasteiger charge is -2.42. The van der Waals surface area contributed by atoms with Crippen LogP contribution in [0.4, 0.5) is 0 Å². The van der Waals surface area contributed by atoms with Crippen molar-refractivity contribution in [2.45, 2.75) is 64.6 Å². The lowest BCUT2D eigenvalue weighted by molar-refractivity contribution is -0.128. The number of benzene rings is 1. The van der Waals surface area contributed by atoms with Crippen molar-refractivity contribution in [3.63, 3.8) is 0 Å². The average Bonchev–Trinajstić information content (AvgIpc) is 3.16. The number of carbonyl (C=O) groups excluding carboxylic acids is 1. The monoisotopic (exact) mass is 393 g/mol. The Hall–Kier alpha value is -1.10. The molecule has 1 N–H and O–H groups in total. The van der Waals surface area contributed by atoms with Crippen molar-refractivity contribution in [1.82, 2.24) is 5.32 Å². The number of hydrogen-bond acceptors (Lipinski definition) is 3. The maximum atomic E-state index is 12.8. The molecule has 4 nitrogen and oxygen atoms in total. The molecular weight excluding hydrogens is 362 g/mol. The molecule has 0 aliphatic carbocycles. The van der Waals surface area contributed by atoms with Gasteiger partial charge >= 0.3 is 0 Å². The minimum atomic E-state index is -0.112.